The number of nitrogens with one attached hydrogen (secondary N) is 2. The lowest BCUT2D eigenvalue weighted by Crippen LogP contribution is -2.35. The number of fused-ring (bicyclic) bond motifs is 1. The Morgan fingerprint density at radius 1 is 1.33 bits per heavy atom. The van der Waals surface area contributed by atoms with E-state index in [4.69, 9.17) is 4.98 Å². The molecule has 0 radical (unpaired) electrons. The summed E-state index contributed by atoms with van der Waals surface area (Å²) in [7, 11) is 1.52. The molecule has 33 heavy (non-hydrogen) atoms. The Morgan fingerprint density at radius 2 is 2.09 bits per heavy atom. The number of rotatable bonds is 5. The molecule has 0 aromatic carbocycles. The van der Waals surface area contributed by atoms with Gasteiger partial charge < -0.3 is 15.1 Å². The molecule has 2 N–H and O–H groups in total. The predicted molar refractivity (Wildman–Crippen MR) is 122 cm³/mol. The van der Waals surface area contributed by atoms with Crippen LogP contribution in [0.15, 0.2) is 6.07 Å². The van der Waals surface area contributed by atoms with Gasteiger partial charge in [-0.2, -0.15) is 0 Å². The molecule has 176 valence electrons. The minimum atomic E-state index is -2.81. The monoisotopic (exact) mass is 476 g/mol. The highest BCUT2D eigenvalue weighted by Crippen LogP contribution is 2.43. The summed E-state index contributed by atoms with van der Waals surface area (Å²) in [6, 6.07) is 1.59. The zero-order chi connectivity index (χ0) is 23.5. The van der Waals surface area contributed by atoms with Crippen LogP contribution in [0.25, 0.3) is 10.6 Å². The van der Waals surface area contributed by atoms with Crippen molar-refractivity contribution in [3.8, 4) is 10.6 Å². The van der Waals surface area contributed by atoms with E-state index in [1.165, 1.54) is 23.3 Å². The molecule has 1 saturated carbocycles. The number of aryl methyl sites for hydroxylation is 1. The van der Waals surface area contributed by atoms with Gasteiger partial charge in [-0.15, -0.1) is 0 Å². The molecule has 3 amide bonds. The maximum atomic E-state index is 14.1. The maximum Gasteiger partial charge on any atom is 0.320 e. The number of pyridine rings is 1. The van der Waals surface area contributed by atoms with Crippen LogP contribution in [-0.2, 0) is 6.54 Å². The van der Waals surface area contributed by atoms with E-state index in [9.17, 15) is 18.4 Å². The van der Waals surface area contributed by atoms with Crippen LogP contribution in [-0.4, -0.2) is 58.9 Å². The highest BCUT2D eigenvalue weighted by atomic mass is 32.1. The van der Waals surface area contributed by atoms with Gasteiger partial charge in [0.05, 0.1) is 28.4 Å². The number of alkyl halides is 2. The Labute approximate surface area is 194 Å². The fourth-order valence-electron chi connectivity index (χ4n) is 4.61. The van der Waals surface area contributed by atoms with Crippen LogP contribution in [0.2, 0.25) is 0 Å². The second-order valence-electron chi connectivity index (χ2n) is 9.04. The topological polar surface area (TPSA) is 90.5 Å². The Bertz CT molecular complexity index is 1130. The van der Waals surface area contributed by atoms with Gasteiger partial charge >= 0.3 is 6.03 Å². The Kier molecular flexibility index (Phi) is 5.26. The summed E-state index contributed by atoms with van der Waals surface area (Å²) in [6.07, 6.45) is 1.96. The molecule has 2 aromatic rings. The SMILES string of the molecule is CNC(=O)Nc1nc(C)c(-c2cc3c(c(N4CCC(F)(F)C4)n2)C(=O)N([C@@H](C)C2CC2)C3)s1. The first kappa shape index (κ1) is 22.0. The zero-order valence-electron chi connectivity index (χ0n) is 18.7. The molecule has 4 heterocycles. The molecular formula is C22H26F2N6O2S. The third-order valence-electron chi connectivity index (χ3n) is 6.64. The number of nitrogens with zero attached hydrogens (tertiary/aromatic N) is 4. The molecule has 1 aliphatic carbocycles. The molecule has 1 saturated heterocycles. The number of aromatic nitrogens is 2. The number of hydrogen-bond acceptors (Lipinski definition) is 6. The number of carbonyl (C=O) groups is 2. The minimum absolute atomic E-state index is 0.106. The number of thiazole rings is 1. The summed E-state index contributed by atoms with van der Waals surface area (Å²) in [4.78, 5) is 38.3. The fraction of sp³-hybridized carbons (Fsp3) is 0.545. The standard InChI is InChI=1S/C22H26F2N6O2S/c1-11-17(33-21(26-11)28-20(32)25-3)15-8-14-9-30(12(2)13-4-5-13)19(31)16(14)18(27-15)29-7-6-22(23,24)10-29/h8,12-13H,4-7,9-10H2,1-3H3,(H2,25,26,28,32)/t12-/m0/s1. The van der Waals surface area contributed by atoms with Crippen molar-refractivity contribution in [2.45, 2.75) is 51.6 Å². The average Bonchev–Trinajstić information content (AvgIpc) is 3.36. The molecule has 3 aliphatic rings. The third kappa shape index (κ3) is 4.03. The van der Waals surface area contributed by atoms with Crippen molar-refractivity contribution in [2.75, 3.05) is 30.4 Å². The molecule has 11 heteroatoms. The first-order chi connectivity index (χ1) is 15.7. The van der Waals surface area contributed by atoms with Gasteiger partial charge in [0, 0.05) is 32.6 Å². The normalized spacial score (nSPS) is 20.2. The third-order valence-corrected chi connectivity index (χ3v) is 7.73. The van der Waals surface area contributed by atoms with Crippen molar-refractivity contribution in [3.05, 3.63) is 22.9 Å². The average molecular weight is 477 g/mol. The van der Waals surface area contributed by atoms with Gasteiger partial charge in [0.25, 0.3) is 11.8 Å². The summed E-state index contributed by atoms with van der Waals surface area (Å²) in [6.45, 7) is 4.01. The molecule has 8 nitrogen and oxygen atoms in total. The summed E-state index contributed by atoms with van der Waals surface area (Å²) in [5, 5.41) is 5.56. The Balaban J connectivity index is 1.56. The predicted octanol–water partition coefficient (Wildman–Crippen LogP) is 3.86. The van der Waals surface area contributed by atoms with Crippen molar-refractivity contribution in [3.63, 3.8) is 0 Å². The van der Waals surface area contributed by atoms with Crippen LogP contribution in [0.4, 0.5) is 24.5 Å². The molecule has 0 bridgehead atoms. The molecule has 0 spiro atoms. The van der Waals surface area contributed by atoms with Crippen LogP contribution < -0.4 is 15.5 Å². The number of anilines is 2. The largest absolute Gasteiger partial charge is 0.350 e. The van der Waals surface area contributed by atoms with Crippen molar-refractivity contribution >= 4 is 34.2 Å². The van der Waals surface area contributed by atoms with Gasteiger partial charge in [-0.05, 0) is 44.2 Å². The van der Waals surface area contributed by atoms with E-state index in [-0.39, 0.29) is 30.9 Å². The number of hydrogen-bond donors (Lipinski definition) is 2. The molecule has 2 aromatic heterocycles. The number of carbonyl (C=O) groups excluding carboxylic acids is 2. The molecular weight excluding hydrogens is 450 g/mol. The summed E-state index contributed by atoms with van der Waals surface area (Å²) >= 11 is 1.26. The lowest BCUT2D eigenvalue weighted by atomic mass is 10.1. The lowest BCUT2D eigenvalue weighted by molar-refractivity contribution is 0.0256. The smallest absolute Gasteiger partial charge is 0.320 e. The maximum absolute atomic E-state index is 14.1. The van der Waals surface area contributed by atoms with E-state index in [2.05, 4.69) is 22.5 Å². The first-order valence-corrected chi connectivity index (χ1v) is 11.9. The molecule has 2 aliphatic heterocycles. The second kappa shape index (κ2) is 7.89. The van der Waals surface area contributed by atoms with Gasteiger partial charge in [0.1, 0.15) is 5.82 Å². The zero-order valence-corrected chi connectivity index (χ0v) is 19.6. The molecule has 5 rings (SSSR count). The highest BCUT2D eigenvalue weighted by Gasteiger charge is 2.44. The summed E-state index contributed by atoms with van der Waals surface area (Å²) in [5.41, 5.74) is 2.49. The second-order valence-corrected chi connectivity index (χ2v) is 10.0. The minimum Gasteiger partial charge on any atom is -0.350 e. The molecule has 0 unspecified atom stereocenters. The van der Waals surface area contributed by atoms with Crippen molar-refractivity contribution in [2.24, 2.45) is 5.92 Å². The number of amides is 3. The van der Waals surface area contributed by atoms with Crippen LogP contribution in [0.1, 0.15) is 47.8 Å². The van der Waals surface area contributed by atoms with Crippen molar-refractivity contribution in [1.82, 2.24) is 20.2 Å². The van der Waals surface area contributed by atoms with Crippen LogP contribution in [0.3, 0.4) is 0 Å². The first-order valence-electron chi connectivity index (χ1n) is 11.1. The van der Waals surface area contributed by atoms with Crippen molar-refractivity contribution < 1.29 is 18.4 Å². The van der Waals surface area contributed by atoms with E-state index < -0.39 is 12.5 Å². The van der Waals surface area contributed by atoms with E-state index in [0.29, 0.717) is 40.4 Å². The van der Waals surface area contributed by atoms with Gasteiger partial charge in [-0.1, -0.05) is 11.3 Å². The van der Waals surface area contributed by atoms with E-state index >= 15 is 0 Å². The van der Waals surface area contributed by atoms with E-state index in [1.54, 1.807) is 0 Å². The van der Waals surface area contributed by atoms with Crippen LogP contribution in [0.5, 0.6) is 0 Å². The van der Waals surface area contributed by atoms with Gasteiger partial charge in [0.2, 0.25) is 0 Å². The molecule has 2 fully saturated rings. The van der Waals surface area contributed by atoms with Gasteiger partial charge in [0.15, 0.2) is 5.13 Å². The van der Waals surface area contributed by atoms with Crippen LogP contribution >= 0.6 is 11.3 Å². The lowest BCUT2D eigenvalue weighted by Gasteiger charge is -2.24. The fourth-order valence-corrected chi connectivity index (χ4v) is 5.53. The quantitative estimate of drug-likeness (QED) is 0.684. The summed E-state index contributed by atoms with van der Waals surface area (Å²) < 4.78 is 28.2. The van der Waals surface area contributed by atoms with E-state index in [1.807, 2.05) is 17.9 Å². The van der Waals surface area contributed by atoms with Gasteiger partial charge in [-0.3, -0.25) is 10.1 Å². The Hall–Kier alpha value is -2.82. The van der Waals surface area contributed by atoms with Crippen molar-refractivity contribution in [1.29, 1.82) is 0 Å². The highest BCUT2D eigenvalue weighted by molar-refractivity contribution is 7.19. The number of urea groups is 1. The summed E-state index contributed by atoms with van der Waals surface area (Å²) in [5.74, 6) is -2.11. The van der Waals surface area contributed by atoms with Gasteiger partial charge in [-0.25, -0.2) is 23.5 Å². The number of halogens is 2. The van der Waals surface area contributed by atoms with Crippen LogP contribution in [0, 0.1) is 12.8 Å². The molecule has 1 atom stereocenters. The Morgan fingerprint density at radius 3 is 2.73 bits per heavy atom. The van der Waals surface area contributed by atoms with E-state index in [0.717, 1.165) is 23.3 Å².